The molecule has 3 heterocycles. The van der Waals surface area contributed by atoms with E-state index < -0.39 is 0 Å². The van der Waals surface area contributed by atoms with Crippen molar-refractivity contribution in [1.82, 2.24) is 15.1 Å². The van der Waals surface area contributed by atoms with Crippen LogP contribution in [0.3, 0.4) is 0 Å². The van der Waals surface area contributed by atoms with Crippen LogP contribution in [0.1, 0.15) is 43.7 Å². The highest BCUT2D eigenvalue weighted by Gasteiger charge is 2.32. The molecule has 0 saturated carbocycles. The molecule has 0 aromatic heterocycles. The number of aliphatic imine (C=N–C) groups is 1. The lowest BCUT2D eigenvalue weighted by Gasteiger charge is -2.37. The Morgan fingerprint density at radius 3 is 2.47 bits per heavy atom. The Labute approximate surface area is 211 Å². The number of hydrogen-bond donors (Lipinski definition) is 1. The van der Waals surface area contributed by atoms with Crippen LogP contribution in [0.4, 0.5) is 0 Å². The second kappa shape index (κ2) is 13.1. The number of nitrogens with one attached hydrogen (secondary N) is 1. The molecule has 2 atom stereocenters. The monoisotopic (exact) mass is 556 g/mol. The van der Waals surface area contributed by atoms with E-state index in [0.29, 0.717) is 5.92 Å². The smallest absolute Gasteiger partial charge is 0.194 e. The Balaban J connectivity index is 0.00000289. The van der Waals surface area contributed by atoms with E-state index in [0.717, 1.165) is 64.7 Å². The molecule has 0 aliphatic carbocycles. The molecule has 1 aromatic carbocycles. The molecule has 7 heteroatoms. The fourth-order valence-electron chi connectivity index (χ4n) is 4.91. The summed E-state index contributed by atoms with van der Waals surface area (Å²) in [7, 11) is 0. The van der Waals surface area contributed by atoms with Gasteiger partial charge in [-0.2, -0.15) is 0 Å². The molecular weight excluding hydrogens is 515 g/mol. The summed E-state index contributed by atoms with van der Waals surface area (Å²) in [5.74, 6) is 1.73. The first-order valence-corrected chi connectivity index (χ1v) is 12.3. The summed E-state index contributed by atoms with van der Waals surface area (Å²) in [5, 5.41) is 3.52. The molecule has 32 heavy (non-hydrogen) atoms. The lowest BCUT2D eigenvalue weighted by Crippen LogP contribution is -2.53. The highest BCUT2D eigenvalue weighted by Crippen LogP contribution is 2.22. The lowest BCUT2D eigenvalue weighted by atomic mass is 9.96. The minimum absolute atomic E-state index is 0. The van der Waals surface area contributed by atoms with Crippen molar-refractivity contribution >= 4 is 29.9 Å². The number of nitrogens with zero attached hydrogens (tertiary/aromatic N) is 3. The van der Waals surface area contributed by atoms with Crippen molar-refractivity contribution in [2.75, 3.05) is 52.5 Å². The van der Waals surface area contributed by atoms with Crippen LogP contribution in [-0.2, 0) is 16.0 Å². The van der Waals surface area contributed by atoms with Crippen LogP contribution in [0.15, 0.2) is 29.3 Å². The van der Waals surface area contributed by atoms with Crippen LogP contribution in [0, 0.1) is 12.8 Å². The molecule has 4 rings (SSSR count). The SMILES string of the molecule is CCNC(=NCC1CCN(Cc2ccc(C)cc2)CC1)N1CCOC(C2CCCO2)C1.I. The summed E-state index contributed by atoms with van der Waals surface area (Å²) < 4.78 is 11.9. The van der Waals surface area contributed by atoms with Gasteiger partial charge in [-0.3, -0.25) is 9.89 Å². The van der Waals surface area contributed by atoms with Crippen LogP contribution >= 0.6 is 24.0 Å². The molecule has 0 spiro atoms. The minimum atomic E-state index is 0. The molecule has 3 aliphatic rings. The summed E-state index contributed by atoms with van der Waals surface area (Å²) in [5.41, 5.74) is 2.75. The molecule has 2 unspecified atom stereocenters. The number of halogens is 1. The molecule has 1 aromatic rings. The van der Waals surface area contributed by atoms with E-state index in [1.807, 2.05) is 0 Å². The van der Waals surface area contributed by atoms with E-state index in [4.69, 9.17) is 14.5 Å². The molecular formula is C25H41IN4O2. The summed E-state index contributed by atoms with van der Waals surface area (Å²) in [4.78, 5) is 10.0. The molecule has 3 aliphatic heterocycles. The van der Waals surface area contributed by atoms with Crippen molar-refractivity contribution < 1.29 is 9.47 Å². The second-order valence-corrected chi connectivity index (χ2v) is 9.31. The van der Waals surface area contributed by atoms with Crippen molar-refractivity contribution in [3.05, 3.63) is 35.4 Å². The minimum Gasteiger partial charge on any atom is -0.375 e. The maximum atomic E-state index is 6.03. The molecule has 0 radical (unpaired) electrons. The van der Waals surface area contributed by atoms with Crippen LogP contribution in [0.25, 0.3) is 0 Å². The van der Waals surface area contributed by atoms with Gasteiger partial charge in [-0.1, -0.05) is 29.8 Å². The Morgan fingerprint density at radius 1 is 1.03 bits per heavy atom. The number of aryl methyl sites for hydroxylation is 1. The number of ether oxygens (including phenoxy) is 2. The van der Waals surface area contributed by atoms with Crippen LogP contribution in [-0.4, -0.2) is 80.4 Å². The third-order valence-corrected chi connectivity index (χ3v) is 6.84. The van der Waals surface area contributed by atoms with Crippen molar-refractivity contribution in [2.24, 2.45) is 10.9 Å². The van der Waals surface area contributed by atoms with E-state index in [1.54, 1.807) is 0 Å². The molecule has 6 nitrogen and oxygen atoms in total. The standard InChI is InChI=1S/C25H40N4O2.HI/c1-3-26-25(29-14-16-31-24(19-29)23-5-4-15-30-23)27-17-21-10-12-28(13-11-21)18-22-8-6-20(2)7-9-22;/h6-9,21,23-24H,3-5,10-19H2,1-2H3,(H,26,27);1H. The summed E-state index contributed by atoms with van der Waals surface area (Å²) in [6, 6.07) is 8.96. The zero-order valence-corrected chi connectivity index (χ0v) is 22.1. The zero-order valence-electron chi connectivity index (χ0n) is 19.8. The molecule has 0 amide bonds. The number of piperidine rings is 1. The average molecular weight is 557 g/mol. The van der Waals surface area contributed by atoms with Crippen molar-refractivity contribution in [1.29, 1.82) is 0 Å². The van der Waals surface area contributed by atoms with Gasteiger partial charge in [-0.25, -0.2) is 0 Å². The third-order valence-electron chi connectivity index (χ3n) is 6.84. The summed E-state index contributed by atoms with van der Waals surface area (Å²) >= 11 is 0. The first kappa shape index (κ1) is 25.7. The highest BCUT2D eigenvalue weighted by atomic mass is 127. The van der Waals surface area contributed by atoms with Crippen LogP contribution in [0.5, 0.6) is 0 Å². The largest absolute Gasteiger partial charge is 0.375 e. The highest BCUT2D eigenvalue weighted by molar-refractivity contribution is 14.0. The fraction of sp³-hybridized carbons (Fsp3) is 0.720. The van der Waals surface area contributed by atoms with Gasteiger partial charge in [0.05, 0.1) is 12.7 Å². The van der Waals surface area contributed by atoms with E-state index in [1.165, 1.54) is 37.1 Å². The normalized spacial score (nSPS) is 25.6. The topological polar surface area (TPSA) is 49.3 Å². The average Bonchev–Trinajstić information content (AvgIpc) is 3.34. The molecule has 3 saturated heterocycles. The van der Waals surface area contributed by atoms with Crippen LogP contribution in [0.2, 0.25) is 0 Å². The van der Waals surface area contributed by atoms with Gasteiger partial charge in [0.2, 0.25) is 0 Å². The Hall–Kier alpha value is -0.900. The Kier molecular flexibility index (Phi) is 10.5. The molecule has 1 N–H and O–H groups in total. The molecule has 180 valence electrons. The van der Waals surface area contributed by atoms with E-state index in [2.05, 4.69) is 53.2 Å². The second-order valence-electron chi connectivity index (χ2n) is 9.31. The maximum absolute atomic E-state index is 6.03. The van der Waals surface area contributed by atoms with E-state index in [9.17, 15) is 0 Å². The number of morpholine rings is 1. The summed E-state index contributed by atoms with van der Waals surface area (Å²) in [6.45, 7) is 12.9. The first-order valence-electron chi connectivity index (χ1n) is 12.3. The fourth-order valence-corrected chi connectivity index (χ4v) is 4.91. The van der Waals surface area contributed by atoms with Gasteiger partial charge < -0.3 is 19.7 Å². The van der Waals surface area contributed by atoms with Gasteiger partial charge >= 0.3 is 0 Å². The number of hydrogen-bond acceptors (Lipinski definition) is 4. The van der Waals surface area contributed by atoms with Crippen molar-refractivity contribution in [3.63, 3.8) is 0 Å². The molecule has 0 bridgehead atoms. The van der Waals surface area contributed by atoms with Gasteiger partial charge in [-0.15, -0.1) is 24.0 Å². The molecule has 3 fully saturated rings. The Bertz CT molecular complexity index is 700. The number of benzene rings is 1. The van der Waals surface area contributed by atoms with Gasteiger partial charge in [0.15, 0.2) is 5.96 Å². The number of likely N-dealkylation sites (tertiary alicyclic amines) is 1. The van der Waals surface area contributed by atoms with E-state index in [-0.39, 0.29) is 36.2 Å². The van der Waals surface area contributed by atoms with Crippen LogP contribution < -0.4 is 5.32 Å². The predicted molar refractivity (Wildman–Crippen MR) is 141 cm³/mol. The third kappa shape index (κ3) is 7.30. The van der Waals surface area contributed by atoms with Gasteiger partial charge in [0.25, 0.3) is 0 Å². The lowest BCUT2D eigenvalue weighted by molar-refractivity contribution is -0.0817. The van der Waals surface area contributed by atoms with Gasteiger partial charge in [-0.05, 0) is 64.1 Å². The summed E-state index contributed by atoms with van der Waals surface area (Å²) in [6.07, 6.45) is 5.16. The van der Waals surface area contributed by atoms with Crippen molar-refractivity contribution in [3.8, 4) is 0 Å². The zero-order chi connectivity index (χ0) is 21.5. The van der Waals surface area contributed by atoms with Crippen molar-refractivity contribution in [2.45, 2.75) is 58.3 Å². The maximum Gasteiger partial charge on any atom is 0.194 e. The predicted octanol–water partition coefficient (Wildman–Crippen LogP) is 3.67. The van der Waals surface area contributed by atoms with Gasteiger partial charge in [0, 0.05) is 39.3 Å². The first-order chi connectivity index (χ1) is 15.2. The number of guanidine groups is 1. The Morgan fingerprint density at radius 2 is 1.78 bits per heavy atom. The van der Waals surface area contributed by atoms with E-state index >= 15 is 0 Å². The quantitative estimate of drug-likeness (QED) is 0.329. The number of rotatable bonds is 6. The van der Waals surface area contributed by atoms with Gasteiger partial charge in [0.1, 0.15) is 6.10 Å².